The number of nitrogens with two attached hydrogens (primary N) is 1. The van der Waals surface area contributed by atoms with Crippen LogP contribution >= 0.6 is 0 Å². The molecular weight excluding hydrogens is 438 g/mol. The number of carbonyl (C=O) groups is 1. The zero-order valence-corrected chi connectivity index (χ0v) is 19.5. The number of hydrogen-bond acceptors (Lipinski definition) is 11. The zero-order valence-electron chi connectivity index (χ0n) is 19.5. The molecule has 33 heavy (non-hydrogen) atoms. The van der Waals surface area contributed by atoms with Crippen LogP contribution in [-0.2, 0) is 9.53 Å². The molecule has 12 nitrogen and oxygen atoms in total. The van der Waals surface area contributed by atoms with E-state index in [-0.39, 0.29) is 31.6 Å². The molecule has 0 aromatic rings. The Morgan fingerprint density at radius 2 is 1.79 bits per heavy atom. The van der Waals surface area contributed by atoms with Gasteiger partial charge in [0, 0.05) is 12.8 Å². The molecule has 1 aliphatic heterocycles. The predicted molar refractivity (Wildman–Crippen MR) is 119 cm³/mol. The molecule has 12 heteroatoms. The van der Waals surface area contributed by atoms with E-state index in [4.69, 9.17) is 10.5 Å². The summed E-state index contributed by atoms with van der Waals surface area (Å²) in [4.78, 5) is 34.8. The van der Waals surface area contributed by atoms with Crippen molar-refractivity contribution in [1.82, 2.24) is 0 Å². The number of aliphatic hydroxyl groups is 4. The van der Waals surface area contributed by atoms with Crippen molar-refractivity contribution in [3.63, 3.8) is 0 Å². The van der Waals surface area contributed by atoms with Gasteiger partial charge in [-0.05, 0) is 49.6 Å². The molecule has 0 radical (unpaired) electrons. The average Bonchev–Trinajstić information content (AvgIpc) is 2.75. The van der Waals surface area contributed by atoms with Crippen LogP contribution in [0.5, 0.6) is 0 Å². The number of aliphatic hydroxyl groups excluding tert-OH is 4. The van der Waals surface area contributed by atoms with Crippen LogP contribution in [-0.4, -0.2) is 73.4 Å². The molecule has 0 aliphatic carbocycles. The van der Waals surface area contributed by atoms with E-state index < -0.39 is 60.2 Å². The minimum absolute atomic E-state index is 0.0355. The summed E-state index contributed by atoms with van der Waals surface area (Å²) < 4.78 is 5.63. The Bertz CT molecular complexity index is 654. The van der Waals surface area contributed by atoms with Crippen molar-refractivity contribution in [3.8, 4) is 0 Å². The number of carboxylic acids is 1. The second-order valence-electron chi connectivity index (χ2n) is 9.31. The summed E-state index contributed by atoms with van der Waals surface area (Å²) in [6.45, 7) is 5.09. The van der Waals surface area contributed by atoms with Crippen LogP contribution < -0.4 is 5.73 Å². The van der Waals surface area contributed by atoms with Crippen LogP contribution in [0.25, 0.3) is 0 Å². The van der Waals surface area contributed by atoms with Crippen LogP contribution in [0.2, 0.25) is 0 Å². The first-order chi connectivity index (χ1) is 15.4. The van der Waals surface area contributed by atoms with Crippen molar-refractivity contribution in [2.24, 2.45) is 27.9 Å². The van der Waals surface area contributed by atoms with E-state index >= 15 is 0 Å². The van der Waals surface area contributed by atoms with E-state index in [1.807, 2.05) is 6.92 Å². The van der Waals surface area contributed by atoms with Crippen LogP contribution in [0.15, 0.2) is 10.4 Å². The highest BCUT2D eigenvalue weighted by Gasteiger charge is 2.57. The van der Waals surface area contributed by atoms with Crippen molar-refractivity contribution < 1.29 is 35.1 Å². The third kappa shape index (κ3) is 8.01. The maximum atomic E-state index is 11.7. The maximum absolute atomic E-state index is 11.7. The lowest BCUT2D eigenvalue weighted by molar-refractivity contribution is -0.250. The Balaban J connectivity index is 2.81. The Morgan fingerprint density at radius 1 is 1.15 bits per heavy atom. The quantitative estimate of drug-likeness (QED) is 0.185. The average molecular weight is 478 g/mol. The minimum Gasteiger partial charge on any atom is -0.481 e. The van der Waals surface area contributed by atoms with Crippen molar-refractivity contribution >= 4 is 5.97 Å². The Kier molecular flexibility index (Phi) is 11.4. The van der Waals surface area contributed by atoms with Crippen molar-refractivity contribution in [3.05, 3.63) is 9.81 Å². The maximum Gasteiger partial charge on any atom is 0.313 e. The van der Waals surface area contributed by atoms with E-state index in [2.05, 4.69) is 10.4 Å². The highest BCUT2D eigenvalue weighted by Crippen LogP contribution is 2.43. The Morgan fingerprint density at radius 3 is 2.27 bits per heavy atom. The molecule has 0 aromatic heterocycles. The SMILES string of the molecule is CC[C@H](O)C[C@H](O)CC[C@@H](C)[C@H](O)CC(CC1(N=O)C[C@H](O)[C@@H](C(=O)O)[C@](N)(CC)O1)N=O. The van der Waals surface area contributed by atoms with Crippen molar-refractivity contribution in [1.29, 1.82) is 0 Å². The molecule has 9 atom stereocenters. The van der Waals surface area contributed by atoms with E-state index in [1.54, 1.807) is 13.8 Å². The van der Waals surface area contributed by atoms with Gasteiger partial charge in [0.25, 0.3) is 0 Å². The lowest BCUT2D eigenvalue weighted by Crippen LogP contribution is -2.65. The Labute approximate surface area is 193 Å². The minimum atomic E-state index is -1.97. The smallest absolute Gasteiger partial charge is 0.313 e. The number of hydrogen-bond donors (Lipinski definition) is 6. The molecule has 1 aliphatic rings. The lowest BCUT2D eigenvalue weighted by Gasteiger charge is -2.48. The molecule has 0 amide bonds. The second-order valence-corrected chi connectivity index (χ2v) is 9.31. The van der Waals surface area contributed by atoms with Gasteiger partial charge in [-0.1, -0.05) is 25.9 Å². The summed E-state index contributed by atoms with van der Waals surface area (Å²) in [5, 5.41) is 55.9. The fourth-order valence-electron chi connectivity index (χ4n) is 4.40. The number of nitroso groups, excluding NO2 is 2. The number of ether oxygens (including phenoxy) is 1. The number of nitrogens with zero attached hydrogens (tertiary/aromatic N) is 2. The highest BCUT2D eigenvalue weighted by molar-refractivity contribution is 5.72. The second kappa shape index (κ2) is 12.8. The van der Waals surface area contributed by atoms with Gasteiger partial charge >= 0.3 is 5.97 Å². The van der Waals surface area contributed by atoms with Gasteiger partial charge in [0.15, 0.2) is 0 Å². The molecule has 1 heterocycles. The molecule has 0 saturated carbocycles. The number of rotatable bonds is 15. The third-order valence-electron chi connectivity index (χ3n) is 6.65. The molecule has 0 bridgehead atoms. The molecule has 7 N–H and O–H groups in total. The zero-order chi connectivity index (χ0) is 25.4. The van der Waals surface area contributed by atoms with E-state index in [1.165, 1.54) is 0 Å². The fraction of sp³-hybridized carbons (Fsp3) is 0.952. The molecule has 2 unspecified atom stereocenters. The van der Waals surface area contributed by atoms with Crippen LogP contribution in [0.3, 0.4) is 0 Å². The van der Waals surface area contributed by atoms with Gasteiger partial charge in [-0.2, -0.15) is 4.91 Å². The van der Waals surface area contributed by atoms with Crippen LogP contribution in [0, 0.1) is 21.6 Å². The van der Waals surface area contributed by atoms with Gasteiger partial charge in [0.05, 0.1) is 30.5 Å². The molecule has 1 rings (SSSR count). The number of carboxylic acid groups (broad SMARTS) is 1. The first kappa shape index (κ1) is 29.5. The summed E-state index contributed by atoms with van der Waals surface area (Å²) in [7, 11) is 0. The molecular formula is C21H39N3O9. The summed E-state index contributed by atoms with van der Waals surface area (Å²) in [5.41, 5.74) is 2.22. The molecule has 0 aromatic carbocycles. The standard InChI is InChI=1S/C21H39N3O9/c1-4-14(25)9-15(26)7-6-12(3)16(27)8-13(23-31)10-20(24-32)11-17(28)18(19(29)30)21(22,5-2)33-20/h12-18,25-28H,4-11,22H2,1-3H3,(H,29,30)/t12-,13?,14+,15-,16-,17+,18+,20?,21+/m1/s1. The highest BCUT2D eigenvalue weighted by atomic mass is 16.6. The van der Waals surface area contributed by atoms with E-state index in [0.717, 1.165) is 0 Å². The van der Waals surface area contributed by atoms with E-state index in [9.17, 15) is 40.1 Å². The van der Waals surface area contributed by atoms with Crippen molar-refractivity contribution in [2.45, 2.75) is 114 Å². The lowest BCUT2D eigenvalue weighted by atomic mass is 9.79. The van der Waals surface area contributed by atoms with Gasteiger partial charge in [0.2, 0.25) is 5.72 Å². The van der Waals surface area contributed by atoms with E-state index in [0.29, 0.717) is 19.3 Å². The summed E-state index contributed by atoms with van der Waals surface area (Å²) >= 11 is 0. The van der Waals surface area contributed by atoms with Gasteiger partial charge in [-0.25, -0.2) is 0 Å². The fourth-order valence-corrected chi connectivity index (χ4v) is 4.40. The Hall–Kier alpha value is -1.57. The predicted octanol–water partition coefficient (Wildman–Crippen LogP) is 1.21. The molecule has 1 saturated heterocycles. The summed E-state index contributed by atoms with van der Waals surface area (Å²) in [6, 6.07) is -1.11. The molecule has 1 fully saturated rings. The van der Waals surface area contributed by atoms with Gasteiger partial charge in [-0.3, -0.25) is 4.79 Å². The van der Waals surface area contributed by atoms with Crippen LogP contribution in [0.1, 0.15) is 72.1 Å². The number of aliphatic carboxylic acids is 1. The normalized spacial score (nSPS) is 32.4. The van der Waals surface area contributed by atoms with Crippen molar-refractivity contribution in [2.75, 3.05) is 0 Å². The summed E-state index contributed by atoms with van der Waals surface area (Å²) in [5.74, 6) is -3.18. The van der Waals surface area contributed by atoms with Crippen LogP contribution in [0.4, 0.5) is 0 Å². The third-order valence-corrected chi connectivity index (χ3v) is 6.65. The molecule has 0 spiro atoms. The van der Waals surface area contributed by atoms with Gasteiger partial charge in [0.1, 0.15) is 11.6 Å². The topological polar surface area (TPSA) is 212 Å². The summed E-state index contributed by atoms with van der Waals surface area (Å²) in [6.07, 6.45) is -3.31. The van der Waals surface area contributed by atoms with Gasteiger partial charge < -0.3 is 36.0 Å². The monoisotopic (exact) mass is 477 g/mol. The first-order valence-corrected chi connectivity index (χ1v) is 11.5. The first-order valence-electron chi connectivity index (χ1n) is 11.5. The largest absolute Gasteiger partial charge is 0.481 e. The molecule has 192 valence electrons. The van der Waals surface area contributed by atoms with Gasteiger partial charge in [-0.15, -0.1) is 4.91 Å².